The van der Waals surface area contributed by atoms with Crippen LogP contribution >= 0.6 is 23.2 Å². The summed E-state index contributed by atoms with van der Waals surface area (Å²) < 4.78 is 23.6. The van der Waals surface area contributed by atoms with Gasteiger partial charge in [-0.2, -0.15) is 0 Å². The van der Waals surface area contributed by atoms with Gasteiger partial charge >= 0.3 is 0 Å². The van der Waals surface area contributed by atoms with Gasteiger partial charge in [0, 0.05) is 62.1 Å². The summed E-state index contributed by atoms with van der Waals surface area (Å²) in [6, 6.07) is 5.09. The van der Waals surface area contributed by atoms with Crippen LogP contribution in [0.5, 0.6) is 11.5 Å². The van der Waals surface area contributed by atoms with E-state index in [1.165, 1.54) is 20.3 Å². The highest BCUT2D eigenvalue weighted by atomic mass is 35.5. The molecule has 1 saturated heterocycles. The van der Waals surface area contributed by atoms with E-state index in [2.05, 4.69) is 16.9 Å². The zero-order valence-electron chi connectivity index (χ0n) is 22.8. The molecule has 4 rings (SSSR count). The summed E-state index contributed by atoms with van der Waals surface area (Å²) in [5.41, 5.74) is 0.893. The summed E-state index contributed by atoms with van der Waals surface area (Å²) in [4.78, 5) is 32.0. The van der Waals surface area contributed by atoms with Gasteiger partial charge in [-0.25, -0.2) is 4.98 Å². The van der Waals surface area contributed by atoms with Crippen molar-refractivity contribution in [2.24, 2.45) is 0 Å². The third-order valence-corrected chi connectivity index (χ3v) is 7.39. The Hall–Kier alpha value is -3.31. The van der Waals surface area contributed by atoms with E-state index in [4.69, 9.17) is 42.1 Å². The molecule has 2 aromatic heterocycles. The van der Waals surface area contributed by atoms with Crippen LogP contribution in [0.4, 0.5) is 5.82 Å². The van der Waals surface area contributed by atoms with Crippen LogP contribution in [0.25, 0.3) is 22.0 Å². The SMILES string of the molecule is C=CC(=O)N1CC(OCCn2c(=O)c(-c3c(Cl)c(OC)cc(OC)c3Cl)cc3cnc(NC(C)COC)cc32)C1. The lowest BCUT2D eigenvalue weighted by atomic mass is 10.0. The monoisotopic (exact) mass is 590 g/mol. The molecule has 0 saturated carbocycles. The van der Waals surface area contributed by atoms with E-state index in [9.17, 15) is 9.59 Å². The van der Waals surface area contributed by atoms with E-state index in [0.717, 1.165) is 0 Å². The van der Waals surface area contributed by atoms with Crippen molar-refractivity contribution in [3.63, 3.8) is 0 Å². The first-order chi connectivity index (χ1) is 19.2. The largest absolute Gasteiger partial charge is 0.495 e. The second-order valence-corrected chi connectivity index (χ2v) is 10.1. The molecule has 1 unspecified atom stereocenters. The molecule has 0 radical (unpaired) electrons. The Kier molecular flexibility index (Phi) is 9.57. The second kappa shape index (κ2) is 12.9. The molecule has 0 aliphatic carbocycles. The van der Waals surface area contributed by atoms with Crippen LogP contribution < -0.4 is 20.3 Å². The lowest BCUT2D eigenvalue weighted by Crippen LogP contribution is -2.54. The Balaban J connectivity index is 1.76. The number of halogens is 2. The minimum atomic E-state index is -0.325. The number of carbonyl (C=O) groups is 1. The summed E-state index contributed by atoms with van der Waals surface area (Å²) in [5.74, 6) is 1.10. The molecule has 3 aromatic rings. The third kappa shape index (κ3) is 6.05. The number of anilines is 1. The summed E-state index contributed by atoms with van der Waals surface area (Å²) in [5, 5.41) is 4.36. The number of likely N-dealkylation sites (tertiary alicyclic amines) is 1. The van der Waals surface area contributed by atoms with E-state index in [1.807, 2.05) is 13.0 Å². The molecule has 1 aliphatic heterocycles. The second-order valence-electron chi connectivity index (χ2n) is 9.37. The normalized spacial score (nSPS) is 14.1. The fourth-order valence-corrected chi connectivity index (χ4v) is 5.29. The molecule has 0 bridgehead atoms. The lowest BCUT2D eigenvalue weighted by Gasteiger charge is -2.38. The van der Waals surface area contributed by atoms with E-state index in [1.54, 1.807) is 34.9 Å². The molecule has 12 heteroatoms. The number of aromatic nitrogens is 2. The third-order valence-electron chi connectivity index (χ3n) is 6.63. The van der Waals surface area contributed by atoms with Crippen LogP contribution in [0.15, 0.2) is 41.8 Å². The van der Waals surface area contributed by atoms with Crippen LogP contribution in [0.2, 0.25) is 10.0 Å². The molecule has 1 N–H and O–H groups in total. The minimum absolute atomic E-state index is 0.000529. The molecule has 1 amide bonds. The van der Waals surface area contributed by atoms with E-state index >= 15 is 0 Å². The highest BCUT2D eigenvalue weighted by Gasteiger charge is 2.30. The number of nitrogens with zero attached hydrogens (tertiary/aromatic N) is 3. The van der Waals surface area contributed by atoms with Crippen molar-refractivity contribution in [1.29, 1.82) is 0 Å². The van der Waals surface area contributed by atoms with Crippen molar-refractivity contribution in [2.45, 2.75) is 25.6 Å². The Morgan fingerprint density at radius 3 is 2.45 bits per heavy atom. The van der Waals surface area contributed by atoms with Gasteiger partial charge in [0.1, 0.15) is 17.3 Å². The highest BCUT2D eigenvalue weighted by molar-refractivity contribution is 6.41. The van der Waals surface area contributed by atoms with Gasteiger partial charge in [-0.1, -0.05) is 29.8 Å². The van der Waals surface area contributed by atoms with Crippen molar-refractivity contribution < 1.29 is 23.7 Å². The first-order valence-corrected chi connectivity index (χ1v) is 13.4. The van der Waals surface area contributed by atoms with Gasteiger partial charge in [0.15, 0.2) is 0 Å². The Labute approximate surface area is 242 Å². The average molecular weight is 591 g/mol. The number of carbonyl (C=O) groups excluding carboxylic acids is 1. The number of hydrogen-bond acceptors (Lipinski definition) is 8. The number of pyridine rings is 2. The molecule has 3 heterocycles. The van der Waals surface area contributed by atoms with Crippen molar-refractivity contribution >= 4 is 45.8 Å². The Bertz CT molecular complexity index is 1440. The molecule has 214 valence electrons. The quantitative estimate of drug-likeness (QED) is 0.312. The van der Waals surface area contributed by atoms with Crippen LogP contribution in [0.1, 0.15) is 6.92 Å². The molecular weight excluding hydrogens is 559 g/mol. The van der Waals surface area contributed by atoms with Crippen molar-refractivity contribution in [3.8, 4) is 22.6 Å². The summed E-state index contributed by atoms with van der Waals surface area (Å²) >= 11 is 13.3. The Morgan fingerprint density at radius 1 is 1.18 bits per heavy atom. The van der Waals surface area contributed by atoms with E-state index < -0.39 is 0 Å². The topological polar surface area (TPSA) is 104 Å². The number of hydrogen-bond donors (Lipinski definition) is 1. The summed E-state index contributed by atoms with van der Waals surface area (Å²) in [6.07, 6.45) is 2.85. The maximum Gasteiger partial charge on any atom is 0.259 e. The molecular formula is C28H32Cl2N4O6. The van der Waals surface area contributed by atoms with Gasteiger partial charge in [0.05, 0.1) is 54.7 Å². The predicted octanol–water partition coefficient (Wildman–Crippen LogP) is 4.25. The minimum Gasteiger partial charge on any atom is -0.495 e. The van der Waals surface area contributed by atoms with Gasteiger partial charge in [0.2, 0.25) is 5.91 Å². The summed E-state index contributed by atoms with van der Waals surface area (Å²) in [6.45, 7) is 7.40. The van der Waals surface area contributed by atoms with Gasteiger partial charge in [-0.05, 0) is 19.1 Å². The molecule has 10 nitrogen and oxygen atoms in total. The fraction of sp³-hybridized carbons (Fsp3) is 0.393. The fourth-order valence-electron chi connectivity index (χ4n) is 4.58. The van der Waals surface area contributed by atoms with E-state index in [0.29, 0.717) is 53.5 Å². The highest BCUT2D eigenvalue weighted by Crippen LogP contribution is 2.45. The number of rotatable bonds is 12. The Morgan fingerprint density at radius 2 is 1.85 bits per heavy atom. The first-order valence-electron chi connectivity index (χ1n) is 12.6. The standard InChI is InChI=1S/C28H32Cl2N4O6/c1-6-24(35)33-13-18(14-33)40-8-7-34-20-10-23(32-16(2)15-37-3)31-12-17(20)9-19(28(34)36)25-26(29)21(38-4)11-22(39-5)27(25)30/h6,9-12,16,18H,1,7-8,13-15H2,2-5H3,(H,31,32). The molecule has 40 heavy (non-hydrogen) atoms. The van der Waals surface area contributed by atoms with Crippen LogP contribution in [-0.2, 0) is 20.8 Å². The number of benzene rings is 1. The number of nitrogens with one attached hydrogen (secondary N) is 1. The van der Waals surface area contributed by atoms with Crippen LogP contribution in [0.3, 0.4) is 0 Å². The smallest absolute Gasteiger partial charge is 0.259 e. The molecule has 0 spiro atoms. The van der Waals surface area contributed by atoms with Crippen LogP contribution in [-0.4, -0.2) is 80.1 Å². The number of ether oxygens (including phenoxy) is 4. The van der Waals surface area contributed by atoms with Crippen molar-refractivity contribution in [2.75, 3.05) is 52.9 Å². The van der Waals surface area contributed by atoms with Gasteiger partial charge in [-0.15, -0.1) is 0 Å². The molecule has 1 atom stereocenters. The molecule has 1 aromatic carbocycles. The zero-order chi connectivity index (χ0) is 29.0. The molecule has 1 aliphatic rings. The number of amides is 1. The van der Waals surface area contributed by atoms with Crippen LogP contribution in [0, 0.1) is 0 Å². The number of methoxy groups -OCH3 is 3. The maximum atomic E-state index is 14.0. The van der Waals surface area contributed by atoms with Gasteiger partial charge in [0.25, 0.3) is 5.56 Å². The van der Waals surface area contributed by atoms with Crippen molar-refractivity contribution in [1.82, 2.24) is 14.5 Å². The zero-order valence-corrected chi connectivity index (χ0v) is 24.3. The predicted molar refractivity (Wildman–Crippen MR) is 156 cm³/mol. The molecule has 1 fully saturated rings. The van der Waals surface area contributed by atoms with Gasteiger partial charge < -0.3 is 33.7 Å². The lowest BCUT2D eigenvalue weighted by molar-refractivity contribution is -0.139. The summed E-state index contributed by atoms with van der Waals surface area (Å²) in [7, 11) is 4.58. The van der Waals surface area contributed by atoms with E-state index in [-0.39, 0.29) is 52.4 Å². The number of fused-ring (bicyclic) bond motifs is 1. The van der Waals surface area contributed by atoms with Gasteiger partial charge in [-0.3, -0.25) is 9.59 Å². The average Bonchev–Trinajstić information content (AvgIpc) is 2.91. The maximum absolute atomic E-state index is 14.0. The first kappa shape index (κ1) is 29.7. The van der Waals surface area contributed by atoms with Crippen molar-refractivity contribution in [3.05, 3.63) is 57.4 Å².